The Labute approximate surface area is 79.5 Å². The van der Waals surface area contributed by atoms with E-state index >= 15 is 0 Å². The van der Waals surface area contributed by atoms with Gasteiger partial charge in [-0.3, -0.25) is 4.79 Å². The third-order valence-corrected chi connectivity index (χ3v) is 2.45. The lowest BCUT2D eigenvalue weighted by Crippen LogP contribution is -2.23. The number of nitrogens with one attached hydrogen (secondary N) is 1. The average molecular weight is 189 g/mol. The van der Waals surface area contributed by atoms with Gasteiger partial charge in [0.25, 0.3) is 0 Å². The fourth-order valence-electron chi connectivity index (χ4n) is 0.832. The predicted molar refractivity (Wildman–Crippen MR) is 55.5 cm³/mol. The zero-order valence-electron chi connectivity index (χ0n) is 8.06. The van der Waals surface area contributed by atoms with Crippen LogP contribution in [0.4, 0.5) is 0 Å². The normalized spacial score (nSPS) is 9.83. The smallest absolute Gasteiger partial charge is 0.220 e. The lowest BCUT2D eigenvalue weighted by Gasteiger charge is -2.02. The number of amides is 1. The Morgan fingerprint density at radius 1 is 1.42 bits per heavy atom. The van der Waals surface area contributed by atoms with Crippen LogP contribution in [-0.4, -0.2) is 24.0 Å². The van der Waals surface area contributed by atoms with E-state index in [0.717, 1.165) is 30.9 Å². The van der Waals surface area contributed by atoms with Crippen LogP contribution in [0.25, 0.3) is 0 Å². The quantitative estimate of drug-likeness (QED) is 0.621. The third kappa shape index (κ3) is 7.92. The maximum absolute atomic E-state index is 11.0. The van der Waals surface area contributed by atoms with Gasteiger partial charge >= 0.3 is 0 Å². The van der Waals surface area contributed by atoms with Crippen molar-refractivity contribution >= 4 is 17.7 Å². The van der Waals surface area contributed by atoms with Crippen LogP contribution >= 0.6 is 11.8 Å². The summed E-state index contributed by atoms with van der Waals surface area (Å²) in [4.78, 5) is 11.0. The van der Waals surface area contributed by atoms with Gasteiger partial charge in [0.2, 0.25) is 5.91 Å². The Morgan fingerprint density at radius 2 is 2.17 bits per heavy atom. The second kappa shape index (κ2) is 8.91. The molecule has 0 unspecified atom stereocenters. The summed E-state index contributed by atoms with van der Waals surface area (Å²) >= 11 is 1.89. The minimum Gasteiger partial charge on any atom is -0.356 e. The second-order valence-electron chi connectivity index (χ2n) is 2.65. The van der Waals surface area contributed by atoms with Crippen molar-refractivity contribution in [1.29, 1.82) is 0 Å². The van der Waals surface area contributed by atoms with Crippen LogP contribution in [0.15, 0.2) is 0 Å². The molecule has 0 aromatic carbocycles. The lowest BCUT2D eigenvalue weighted by molar-refractivity contribution is -0.121. The molecule has 0 spiro atoms. The van der Waals surface area contributed by atoms with Crippen molar-refractivity contribution in [2.24, 2.45) is 0 Å². The van der Waals surface area contributed by atoms with E-state index in [1.54, 1.807) is 0 Å². The second-order valence-corrected chi connectivity index (χ2v) is 4.04. The van der Waals surface area contributed by atoms with E-state index in [-0.39, 0.29) is 5.91 Å². The van der Waals surface area contributed by atoms with E-state index in [2.05, 4.69) is 19.2 Å². The summed E-state index contributed by atoms with van der Waals surface area (Å²) in [6, 6.07) is 0. The molecule has 3 heteroatoms. The van der Waals surface area contributed by atoms with Crippen LogP contribution in [0.2, 0.25) is 0 Å². The Balaban J connectivity index is 3.08. The summed E-state index contributed by atoms with van der Waals surface area (Å²) in [5, 5.41) is 2.86. The van der Waals surface area contributed by atoms with Gasteiger partial charge in [0, 0.05) is 13.0 Å². The topological polar surface area (TPSA) is 29.1 Å². The number of hydrogen-bond acceptors (Lipinski definition) is 2. The van der Waals surface area contributed by atoms with Gasteiger partial charge < -0.3 is 5.32 Å². The van der Waals surface area contributed by atoms with Crippen molar-refractivity contribution in [3.8, 4) is 0 Å². The largest absolute Gasteiger partial charge is 0.356 e. The van der Waals surface area contributed by atoms with Gasteiger partial charge in [-0.05, 0) is 24.3 Å². The van der Waals surface area contributed by atoms with Gasteiger partial charge in [0.15, 0.2) is 0 Å². The third-order valence-electron chi connectivity index (χ3n) is 1.47. The van der Waals surface area contributed by atoms with Gasteiger partial charge in [-0.15, -0.1) is 0 Å². The molecule has 2 nitrogen and oxygen atoms in total. The molecule has 0 aromatic rings. The molecule has 12 heavy (non-hydrogen) atoms. The molecule has 0 atom stereocenters. The van der Waals surface area contributed by atoms with Crippen LogP contribution in [0.5, 0.6) is 0 Å². The summed E-state index contributed by atoms with van der Waals surface area (Å²) in [7, 11) is 0. The fourth-order valence-corrected chi connectivity index (χ4v) is 1.47. The SMILES string of the molecule is CCCNC(=O)CCCSCC. The number of rotatable bonds is 7. The van der Waals surface area contributed by atoms with E-state index in [1.807, 2.05) is 11.8 Å². The molecular weight excluding hydrogens is 170 g/mol. The molecule has 0 saturated carbocycles. The number of carbonyl (C=O) groups is 1. The lowest BCUT2D eigenvalue weighted by atomic mass is 10.3. The Morgan fingerprint density at radius 3 is 2.75 bits per heavy atom. The van der Waals surface area contributed by atoms with Gasteiger partial charge in [-0.2, -0.15) is 11.8 Å². The fraction of sp³-hybridized carbons (Fsp3) is 0.889. The van der Waals surface area contributed by atoms with E-state index in [1.165, 1.54) is 0 Å². The molecule has 1 amide bonds. The standard InChI is InChI=1S/C9H19NOS/c1-3-7-10-9(11)6-5-8-12-4-2/h3-8H2,1-2H3,(H,10,11). The van der Waals surface area contributed by atoms with Crippen LogP contribution in [-0.2, 0) is 4.79 Å². The maximum Gasteiger partial charge on any atom is 0.220 e. The van der Waals surface area contributed by atoms with Crippen LogP contribution < -0.4 is 5.32 Å². The predicted octanol–water partition coefficient (Wildman–Crippen LogP) is 2.05. The molecule has 0 aliphatic rings. The molecule has 0 bridgehead atoms. The van der Waals surface area contributed by atoms with Crippen molar-refractivity contribution in [3.05, 3.63) is 0 Å². The van der Waals surface area contributed by atoms with Gasteiger partial charge in [0.05, 0.1) is 0 Å². The molecule has 0 fully saturated rings. The molecule has 0 aromatic heterocycles. The van der Waals surface area contributed by atoms with Gasteiger partial charge in [-0.25, -0.2) is 0 Å². The first-order valence-corrected chi connectivity index (χ1v) is 5.81. The first-order valence-electron chi connectivity index (χ1n) is 4.65. The van der Waals surface area contributed by atoms with E-state index in [4.69, 9.17) is 0 Å². The molecule has 0 aliphatic heterocycles. The highest BCUT2D eigenvalue weighted by Gasteiger charge is 1.98. The number of thioether (sulfide) groups is 1. The highest BCUT2D eigenvalue weighted by Crippen LogP contribution is 2.02. The Bertz CT molecular complexity index is 117. The van der Waals surface area contributed by atoms with Crippen LogP contribution in [0.1, 0.15) is 33.1 Å². The first kappa shape index (κ1) is 11.8. The highest BCUT2D eigenvalue weighted by molar-refractivity contribution is 7.99. The van der Waals surface area contributed by atoms with Crippen molar-refractivity contribution in [3.63, 3.8) is 0 Å². The summed E-state index contributed by atoms with van der Waals surface area (Å²) in [6.45, 7) is 5.02. The molecule has 0 saturated heterocycles. The maximum atomic E-state index is 11.0. The minimum absolute atomic E-state index is 0.202. The average Bonchev–Trinajstić information content (AvgIpc) is 2.09. The van der Waals surface area contributed by atoms with Crippen molar-refractivity contribution in [2.75, 3.05) is 18.1 Å². The van der Waals surface area contributed by atoms with E-state index < -0.39 is 0 Å². The molecule has 0 radical (unpaired) electrons. The molecule has 0 heterocycles. The van der Waals surface area contributed by atoms with Crippen LogP contribution in [0, 0.1) is 0 Å². The first-order chi connectivity index (χ1) is 5.81. The van der Waals surface area contributed by atoms with Crippen LogP contribution in [0.3, 0.4) is 0 Å². The highest BCUT2D eigenvalue weighted by atomic mass is 32.2. The van der Waals surface area contributed by atoms with Crippen molar-refractivity contribution in [2.45, 2.75) is 33.1 Å². The zero-order chi connectivity index (χ0) is 9.23. The summed E-state index contributed by atoms with van der Waals surface area (Å²) < 4.78 is 0. The Kier molecular flexibility index (Phi) is 8.78. The van der Waals surface area contributed by atoms with E-state index in [0.29, 0.717) is 6.42 Å². The van der Waals surface area contributed by atoms with Gasteiger partial charge in [0.1, 0.15) is 0 Å². The summed E-state index contributed by atoms with van der Waals surface area (Å²) in [6.07, 6.45) is 2.72. The molecule has 72 valence electrons. The molecule has 0 rings (SSSR count). The summed E-state index contributed by atoms with van der Waals surface area (Å²) in [5.41, 5.74) is 0. The minimum atomic E-state index is 0.202. The molecule has 1 N–H and O–H groups in total. The van der Waals surface area contributed by atoms with Crippen molar-refractivity contribution < 1.29 is 4.79 Å². The van der Waals surface area contributed by atoms with Gasteiger partial charge in [-0.1, -0.05) is 13.8 Å². The summed E-state index contributed by atoms with van der Waals surface area (Å²) in [5.74, 6) is 2.46. The van der Waals surface area contributed by atoms with E-state index in [9.17, 15) is 4.79 Å². The van der Waals surface area contributed by atoms with Crippen molar-refractivity contribution in [1.82, 2.24) is 5.32 Å². The zero-order valence-corrected chi connectivity index (χ0v) is 8.88. The number of hydrogen-bond donors (Lipinski definition) is 1. The molecular formula is C9H19NOS. The number of carbonyl (C=O) groups excluding carboxylic acids is 1. The Hall–Kier alpha value is -0.180. The monoisotopic (exact) mass is 189 g/mol. The molecule has 0 aliphatic carbocycles.